The Labute approximate surface area is 102 Å². The Balaban J connectivity index is 1.81. The number of amides is 2. The zero-order valence-corrected chi connectivity index (χ0v) is 10.3. The number of imide groups is 1. The van der Waals surface area contributed by atoms with Crippen LogP contribution in [-0.4, -0.2) is 30.1 Å². The summed E-state index contributed by atoms with van der Waals surface area (Å²) in [5.41, 5.74) is 0. The summed E-state index contributed by atoms with van der Waals surface area (Å²) in [5.74, 6) is 0.425. The van der Waals surface area contributed by atoms with E-state index in [1.165, 1.54) is 37.0 Å². The van der Waals surface area contributed by atoms with Crippen LogP contribution in [0.15, 0.2) is 0 Å². The molecule has 2 amide bonds. The van der Waals surface area contributed by atoms with Gasteiger partial charge in [-0.15, -0.1) is 0 Å². The number of carbonyl (C=O) groups excluding carboxylic acids is 2. The normalized spacial score (nSPS) is 23.1. The lowest BCUT2D eigenvalue weighted by atomic mass is 9.88. The number of rotatable bonds is 2. The molecule has 4 heteroatoms. The van der Waals surface area contributed by atoms with Gasteiger partial charge in [0.15, 0.2) is 0 Å². The van der Waals surface area contributed by atoms with Crippen LogP contribution in [0.25, 0.3) is 0 Å². The summed E-state index contributed by atoms with van der Waals surface area (Å²) in [6.45, 7) is 0.791. The maximum atomic E-state index is 11.9. The molecule has 2 rings (SSSR count). The maximum absolute atomic E-state index is 11.9. The molecule has 1 saturated carbocycles. The Morgan fingerprint density at radius 3 is 2.41 bits per heavy atom. The Kier molecular flexibility index (Phi) is 4.40. The van der Waals surface area contributed by atoms with Crippen molar-refractivity contribution in [1.82, 2.24) is 4.90 Å². The predicted molar refractivity (Wildman–Crippen MR) is 63.5 cm³/mol. The fraction of sp³-hybridized carbons (Fsp3) is 0.846. The molecule has 0 bridgehead atoms. The van der Waals surface area contributed by atoms with Crippen molar-refractivity contribution in [2.75, 3.05) is 13.2 Å². The van der Waals surface area contributed by atoms with Crippen LogP contribution in [0.3, 0.4) is 0 Å². The fourth-order valence-corrected chi connectivity index (χ4v) is 2.72. The largest absolute Gasteiger partial charge is 0.447 e. The van der Waals surface area contributed by atoms with Crippen molar-refractivity contribution in [3.63, 3.8) is 0 Å². The zero-order valence-electron chi connectivity index (χ0n) is 10.3. The Hall–Kier alpha value is -1.06. The molecule has 0 aromatic heterocycles. The molecule has 0 radical (unpaired) electrons. The third-order valence-electron chi connectivity index (χ3n) is 3.75. The summed E-state index contributed by atoms with van der Waals surface area (Å²) in [6, 6.07) is 0. The van der Waals surface area contributed by atoms with Crippen LogP contribution in [0.4, 0.5) is 4.79 Å². The fourth-order valence-electron chi connectivity index (χ4n) is 2.72. The summed E-state index contributed by atoms with van der Waals surface area (Å²) in [4.78, 5) is 24.5. The van der Waals surface area contributed by atoms with Crippen molar-refractivity contribution in [3.05, 3.63) is 0 Å². The molecule has 1 aliphatic carbocycles. The molecule has 0 aromatic carbocycles. The van der Waals surface area contributed by atoms with Gasteiger partial charge in [-0.25, -0.2) is 9.69 Å². The van der Waals surface area contributed by atoms with Crippen molar-refractivity contribution < 1.29 is 14.3 Å². The van der Waals surface area contributed by atoms with E-state index >= 15 is 0 Å². The van der Waals surface area contributed by atoms with E-state index in [2.05, 4.69) is 0 Å². The second-order valence-electron chi connectivity index (χ2n) is 5.08. The van der Waals surface area contributed by atoms with Crippen molar-refractivity contribution in [2.24, 2.45) is 5.92 Å². The van der Waals surface area contributed by atoms with Crippen LogP contribution >= 0.6 is 0 Å². The van der Waals surface area contributed by atoms with Crippen molar-refractivity contribution in [1.29, 1.82) is 0 Å². The van der Waals surface area contributed by atoms with Gasteiger partial charge in [0.1, 0.15) is 6.61 Å². The quantitative estimate of drug-likeness (QED) is 0.744. The van der Waals surface area contributed by atoms with Gasteiger partial charge in [0.05, 0.1) is 6.54 Å². The van der Waals surface area contributed by atoms with Gasteiger partial charge in [0, 0.05) is 6.42 Å². The third-order valence-corrected chi connectivity index (χ3v) is 3.75. The highest BCUT2D eigenvalue weighted by atomic mass is 16.6. The number of cyclic esters (lactones) is 1. The van der Waals surface area contributed by atoms with Gasteiger partial charge in [0.25, 0.3) is 0 Å². The van der Waals surface area contributed by atoms with E-state index in [1.807, 2.05) is 0 Å². The average molecular weight is 239 g/mol. The molecule has 0 unspecified atom stereocenters. The lowest BCUT2D eigenvalue weighted by molar-refractivity contribution is -0.128. The van der Waals surface area contributed by atoms with E-state index in [4.69, 9.17) is 4.74 Å². The molecule has 0 spiro atoms. The first-order valence-electron chi connectivity index (χ1n) is 6.74. The van der Waals surface area contributed by atoms with Gasteiger partial charge in [0.2, 0.25) is 5.91 Å². The molecule has 96 valence electrons. The molecule has 2 aliphatic rings. The van der Waals surface area contributed by atoms with Crippen LogP contribution in [-0.2, 0) is 9.53 Å². The molecule has 0 atom stereocenters. The molecule has 1 heterocycles. The Morgan fingerprint density at radius 2 is 1.82 bits per heavy atom. The van der Waals surface area contributed by atoms with Crippen molar-refractivity contribution in [3.8, 4) is 0 Å². The van der Waals surface area contributed by atoms with Gasteiger partial charge < -0.3 is 4.74 Å². The first-order valence-corrected chi connectivity index (χ1v) is 6.74. The summed E-state index contributed by atoms with van der Waals surface area (Å²) in [5, 5.41) is 0. The monoisotopic (exact) mass is 239 g/mol. The summed E-state index contributed by atoms with van der Waals surface area (Å²) in [7, 11) is 0. The highest BCUT2D eigenvalue weighted by Gasteiger charge is 2.29. The van der Waals surface area contributed by atoms with Crippen LogP contribution in [0.5, 0.6) is 0 Å². The second kappa shape index (κ2) is 6.03. The standard InChI is InChI=1S/C13H21NO3/c15-12(14-8-9-17-13(14)16)10-11-6-4-2-1-3-5-7-11/h11H,1-10H2. The summed E-state index contributed by atoms with van der Waals surface area (Å²) >= 11 is 0. The molecular formula is C13H21NO3. The number of carbonyl (C=O) groups is 2. The Morgan fingerprint density at radius 1 is 1.18 bits per heavy atom. The first-order chi connectivity index (χ1) is 8.27. The van der Waals surface area contributed by atoms with E-state index < -0.39 is 6.09 Å². The molecule has 1 saturated heterocycles. The predicted octanol–water partition coefficient (Wildman–Crippen LogP) is 2.72. The third kappa shape index (κ3) is 3.45. The summed E-state index contributed by atoms with van der Waals surface area (Å²) < 4.78 is 4.79. The maximum Gasteiger partial charge on any atom is 0.416 e. The minimum absolute atomic E-state index is 0.0435. The highest BCUT2D eigenvalue weighted by Crippen LogP contribution is 2.25. The SMILES string of the molecule is O=C(CC1CCCCCCC1)N1CCOC1=O. The molecule has 4 nitrogen and oxygen atoms in total. The van der Waals surface area contributed by atoms with Gasteiger partial charge >= 0.3 is 6.09 Å². The minimum Gasteiger partial charge on any atom is -0.447 e. The van der Waals surface area contributed by atoms with Gasteiger partial charge in [-0.1, -0.05) is 32.1 Å². The molecule has 2 fully saturated rings. The lowest BCUT2D eigenvalue weighted by Gasteiger charge is -2.20. The van der Waals surface area contributed by atoms with E-state index in [0.29, 0.717) is 25.5 Å². The second-order valence-corrected chi connectivity index (χ2v) is 5.08. The van der Waals surface area contributed by atoms with Crippen LogP contribution < -0.4 is 0 Å². The van der Waals surface area contributed by atoms with Crippen LogP contribution in [0.2, 0.25) is 0 Å². The van der Waals surface area contributed by atoms with Gasteiger partial charge in [-0.05, 0) is 18.8 Å². The zero-order chi connectivity index (χ0) is 12.1. The molecule has 0 aromatic rings. The van der Waals surface area contributed by atoms with Crippen LogP contribution in [0.1, 0.15) is 51.4 Å². The smallest absolute Gasteiger partial charge is 0.416 e. The molecule has 0 N–H and O–H groups in total. The number of nitrogens with zero attached hydrogens (tertiary/aromatic N) is 1. The van der Waals surface area contributed by atoms with E-state index in [9.17, 15) is 9.59 Å². The van der Waals surface area contributed by atoms with Crippen LogP contribution in [0, 0.1) is 5.92 Å². The average Bonchev–Trinajstić information content (AvgIpc) is 2.68. The minimum atomic E-state index is -0.458. The Bertz CT molecular complexity index is 282. The summed E-state index contributed by atoms with van der Waals surface area (Å²) in [6.07, 6.45) is 8.69. The lowest BCUT2D eigenvalue weighted by Crippen LogP contribution is -2.33. The van der Waals surface area contributed by atoms with Crippen molar-refractivity contribution in [2.45, 2.75) is 51.4 Å². The number of ether oxygens (including phenoxy) is 1. The molecule has 17 heavy (non-hydrogen) atoms. The van der Waals surface area contributed by atoms with Crippen molar-refractivity contribution >= 4 is 12.0 Å². The van der Waals surface area contributed by atoms with Gasteiger partial charge in [-0.3, -0.25) is 4.79 Å². The first kappa shape index (κ1) is 12.4. The van der Waals surface area contributed by atoms with Gasteiger partial charge in [-0.2, -0.15) is 0 Å². The van der Waals surface area contributed by atoms with E-state index in [-0.39, 0.29) is 5.91 Å². The van der Waals surface area contributed by atoms with E-state index in [0.717, 1.165) is 12.8 Å². The highest BCUT2D eigenvalue weighted by molar-refractivity contribution is 5.93. The number of hydrogen-bond donors (Lipinski definition) is 0. The number of hydrogen-bond acceptors (Lipinski definition) is 3. The molecule has 1 aliphatic heterocycles. The van der Waals surface area contributed by atoms with E-state index in [1.54, 1.807) is 0 Å². The topological polar surface area (TPSA) is 46.6 Å². The molecular weight excluding hydrogens is 218 g/mol.